The number of anilines is 2. The largest absolute Gasteiger partial charge is 0.446 e. The molecule has 0 radical (unpaired) electrons. The Hall–Kier alpha value is -2.10. The van der Waals surface area contributed by atoms with E-state index in [1.165, 1.54) is 12.1 Å². The predicted molar refractivity (Wildman–Crippen MR) is 143 cm³/mol. The van der Waals surface area contributed by atoms with Gasteiger partial charge in [-0.1, -0.05) is 25.1 Å². The molecule has 2 aliphatic heterocycles. The first-order valence-electron chi connectivity index (χ1n) is 11.9. The molecule has 2 aromatic rings. The minimum absolute atomic E-state index is 0. The molecule has 2 heterocycles. The molecule has 1 N–H and O–H groups in total. The van der Waals surface area contributed by atoms with Crippen LogP contribution in [-0.2, 0) is 4.79 Å². The molecule has 36 heavy (non-hydrogen) atoms. The Bertz CT molecular complexity index is 976. The summed E-state index contributed by atoms with van der Waals surface area (Å²) in [6, 6.07) is 14.5. The Morgan fingerprint density at radius 1 is 0.944 bits per heavy atom. The van der Waals surface area contributed by atoms with Crippen molar-refractivity contribution in [3.63, 3.8) is 0 Å². The van der Waals surface area contributed by atoms with Gasteiger partial charge in [0, 0.05) is 79.6 Å². The molecule has 0 bridgehead atoms. The first kappa shape index (κ1) is 28.5. The second-order valence-electron chi connectivity index (χ2n) is 8.93. The van der Waals surface area contributed by atoms with Crippen molar-refractivity contribution >= 4 is 40.6 Å². The lowest BCUT2D eigenvalue weighted by molar-refractivity contribution is -0.122. The fourth-order valence-corrected chi connectivity index (χ4v) is 5.33. The minimum Gasteiger partial charge on any atom is -0.371 e. The Morgan fingerprint density at radius 2 is 1.58 bits per heavy atom. The molecule has 1 amide bonds. The topological polar surface area (TPSA) is 38.8 Å². The summed E-state index contributed by atoms with van der Waals surface area (Å²) in [5.41, 5.74) is -2.22. The molecule has 5 nitrogen and oxygen atoms in total. The molecule has 2 aromatic carbocycles. The number of piperazine rings is 1. The number of hydrogen-bond acceptors (Lipinski definition) is 5. The second kappa shape index (κ2) is 12.9. The van der Waals surface area contributed by atoms with Crippen molar-refractivity contribution in [3.05, 3.63) is 53.6 Å². The van der Waals surface area contributed by atoms with Crippen molar-refractivity contribution in [2.45, 2.75) is 43.1 Å². The van der Waals surface area contributed by atoms with Crippen molar-refractivity contribution in [3.8, 4) is 0 Å². The summed E-state index contributed by atoms with van der Waals surface area (Å²) in [6.07, 6.45) is 2.13. The molecule has 0 aromatic heterocycles. The van der Waals surface area contributed by atoms with Crippen LogP contribution >= 0.6 is 23.4 Å². The molecule has 0 unspecified atom stereocenters. The van der Waals surface area contributed by atoms with Crippen LogP contribution in [0.5, 0.6) is 0 Å². The molecule has 4 rings (SSSR count). The summed E-state index contributed by atoms with van der Waals surface area (Å²) in [5, 5.41) is 3.90. The van der Waals surface area contributed by atoms with Crippen molar-refractivity contribution in [2.75, 3.05) is 55.6 Å². The molecule has 2 fully saturated rings. The van der Waals surface area contributed by atoms with Gasteiger partial charge < -0.3 is 15.1 Å². The number of piperidine rings is 1. The number of nitrogens with zero attached hydrogens (tertiary/aromatic N) is 3. The van der Waals surface area contributed by atoms with Crippen molar-refractivity contribution in [2.24, 2.45) is 0 Å². The normalized spacial score (nSPS) is 17.6. The fraction of sp³-hybridized carbons (Fsp3) is 0.500. The molecule has 0 aliphatic carbocycles. The zero-order valence-electron chi connectivity index (χ0n) is 19.4. The number of thioether (sulfide) groups is 1. The Labute approximate surface area is 221 Å². The summed E-state index contributed by atoms with van der Waals surface area (Å²) >= 11 is 6.00. The SMILES string of the molecule is C.O=C(CCN1CCN(c2cccc(Cl)c2)CC1)NC1CCN(c2ccc(SC(F)(F)F)cc2)CC1. The van der Waals surface area contributed by atoms with E-state index in [4.69, 9.17) is 11.6 Å². The number of hydrogen-bond donors (Lipinski definition) is 1. The van der Waals surface area contributed by atoms with Crippen LogP contribution < -0.4 is 15.1 Å². The smallest absolute Gasteiger partial charge is 0.371 e. The van der Waals surface area contributed by atoms with E-state index in [0.717, 1.165) is 75.1 Å². The molecule has 10 heteroatoms. The van der Waals surface area contributed by atoms with Gasteiger partial charge in [-0.3, -0.25) is 9.69 Å². The van der Waals surface area contributed by atoms with Crippen LogP contribution in [-0.4, -0.2) is 68.2 Å². The van der Waals surface area contributed by atoms with Gasteiger partial charge in [0.15, 0.2) is 0 Å². The number of amides is 1. The lowest BCUT2D eigenvalue weighted by atomic mass is 10.0. The van der Waals surface area contributed by atoms with Gasteiger partial charge >= 0.3 is 5.51 Å². The van der Waals surface area contributed by atoms with Crippen molar-refractivity contribution in [1.29, 1.82) is 0 Å². The maximum absolute atomic E-state index is 12.5. The van der Waals surface area contributed by atoms with Gasteiger partial charge in [-0.15, -0.1) is 0 Å². The van der Waals surface area contributed by atoms with E-state index in [9.17, 15) is 18.0 Å². The number of carbonyl (C=O) groups is 1. The average molecular weight is 543 g/mol. The number of halogens is 4. The van der Waals surface area contributed by atoms with Crippen LogP contribution in [0.4, 0.5) is 24.5 Å². The highest BCUT2D eigenvalue weighted by Gasteiger charge is 2.29. The number of benzene rings is 2. The average Bonchev–Trinajstić information content (AvgIpc) is 2.83. The Morgan fingerprint density at radius 3 is 2.19 bits per heavy atom. The van der Waals surface area contributed by atoms with Gasteiger partial charge in [0.05, 0.1) is 0 Å². The van der Waals surface area contributed by atoms with Crippen LogP contribution in [0.2, 0.25) is 5.02 Å². The molecular formula is C26H34ClF3N4OS. The summed E-state index contributed by atoms with van der Waals surface area (Å²) in [5.74, 6) is 0.0780. The summed E-state index contributed by atoms with van der Waals surface area (Å²) < 4.78 is 37.5. The quantitative estimate of drug-likeness (QED) is 0.442. The fourth-order valence-electron chi connectivity index (χ4n) is 4.60. The molecule has 0 saturated carbocycles. The predicted octanol–water partition coefficient (Wildman–Crippen LogP) is 5.89. The maximum Gasteiger partial charge on any atom is 0.446 e. The minimum atomic E-state index is -4.27. The van der Waals surface area contributed by atoms with Crippen LogP contribution in [0, 0.1) is 0 Å². The van der Waals surface area contributed by atoms with Gasteiger partial charge in [-0.2, -0.15) is 13.2 Å². The van der Waals surface area contributed by atoms with Crippen LogP contribution in [0.15, 0.2) is 53.4 Å². The van der Waals surface area contributed by atoms with Gasteiger partial charge in [-0.05, 0) is 67.1 Å². The molecule has 0 atom stereocenters. The summed E-state index contributed by atoms with van der Waals surface area (Å²) in [4.78, 5) is 19.5. The standard InChI is InChI=1S/C25H30ClF3N4OS.CH4/c26-19-2-1-3-22(18-19)33-16-14-31(15-17-33)11-10-24(34)30-20-8-12-32(13-9-20)21-4-6-23(7-5-21)35-25(27,28)29;/h1-7,18,20H,8-17H2,(H,30,34);1H4. The highest BCUT2D eigenvalue weighted by Crippen LogP contribution is 2.37. The third kappa shape index (κ3) is 8.49. The zero-order valence-corrected chi connectivity index (χ0v) is 21.0. The third-order valence-corrected chi connectivity index (χ3v) is 7.47. The number of alkyl halides is 3. The van der Waals surface area contributed by atoms with Gasteiger partial charge in [0.25, 0.3) is 0 Å². The number of nitrogens with one attached hydrogen (secondary N) is 1. The summed E-state index contributed by atoms with van der Waals surface area (Å²) in [7, 11) is 0. The van der Waals surface area contributed by atoms with Crippen LogP contribution in [0.3, 0.4) is 0 Å². The zero-order chi connectivity index (χ0) is 24.8. The first-order chi connectivity index (χ1) is 16.7. The van der Waals surface area contributed by atoms with Gasteiger partial charge in [0.2, 0.25) is 5.91 Å². The lowest BCUT2D eigenvalue weighted by Crippen LogP contribution is -2.48. The molecular weight excluding hydrogens is 509 g/mol. The highest BCUT2D eigenvalue weighted by atomic mass is 35.5. The van der Waals surface area contributed by atoms with E-state index >= 15 is 0 Å². The molecule has 0 spiro atoms. The first-order valence-corrected chi connectivity index (χ1v) is 13.1. The molecule has 198 valence electrons. The Kier molecular flexibility index (Phi) is 10.2. The van der Waals surface area contributed by atoms with E-state index in [-0.39, 0.29) is 36.0 Å². The monoisotopic (exact) mass is 542 g/mol. The van der Waals surface area contributed by atoms with Crippen LogP contribution in [0.25, 0.3) is 0 Å². The van der Waals surface area contributed by atoms with E-state index in [0.29, 0.717) is 6.42 Å². The van der Waals surface area contributed by atoms with E-state index in [1.54, 1.807) is 12.1 Å². The van der Waals surface area contributed by atoms with Crippen LogP contribution in [0.1, 0.15) is 26.7 Å². The Balaban J connectivity index is 0.00000361. The molecule has 2 aliphatic rings. The van der Waals surface area contributed by atoms with E-state index < -0.39 is 5.51 Å². The van der Waals surface area contributed by atoms with Gasteiger partial charge in [0.1, 0.15) is 0 Å². The second-order valence-corrected chi connectivity index (χ2v) is 10.5. The summed E-state index contributed by atoms with van der Waals surface area (Å²) in [6.45, 7) is 5.93. The van der Waals surface area contributed by atoms with Crippen molar-refractivity contribution in [1.82, 2.24) is 10.2 Å². The number of rotatable bonds is 7. The maximum atomic E-state index is 12.5. The van der Waals surface area contributed by atoms with E-state index in [1.807, 2.05) is 18.2 Å². The molecule has 2 saturated heterocycles. The van der Waals surface area contributed by atoms with E-state index in [2.05, 4.69) is 26.1 Å². The lowest BCUT2D eigenvalue weighted by Gasteiger charge is -2.36. The van der Waals surface area contributed by atoms with Gasteiger partial charge in [-0.25, -0.2) is 0 Å². The highest BCUT2D eigenvalue weighted by molar-refractivity contribution is 8.00. The van der Waals surface area contributed by atoms with Crippen molar-refractivity contribution < 1.29 is 18.0 Å². The third-order valence-electron chi connectivity index (χ3n) is 6.50. The number of carbonyl (C=O) groups excluding carboxylic acids is 1.